The molecule has 2 rings (SSSR count). The lowest BCUT2D eigenvalue weighted by atomic mass is 10.0. The van der Waals surface area contributed by atoms with Crippen LogP contribution in [0.5, 0.6) is 0 Å². The minimum atomic E-state index is -0.291. The highest BCUT2D eigenvalue weighted by Crippen LogP contribution is 2.23. The van der Waals surface area contributed by atoms with Crippen molar-refractivity contribution in [1.82, 2.24) is 4.90 Å². The maximum absolute atomic E-state index is 13.0. The van der Waals surface area contributed by atoms with Crippen LogP contribution < -0.4 is 0 Å². The highest BCUT2D eigenvalue weighted by Gasteiger charge is 2.36. The summed E-state index contributed by atoms with van der Waals surface area (Å²) in [4.78, 5) is 27.3. The molecule has 0 aromatic heterocycles. The third-order valence-electron chi connectivity index (χ3n) is 10.1. The SMILES string of the molecule is CCCCCCCCCCCCCCCCOCC(CN1C(=O)c2ccccc2C1=O)OCCCCCCCCCCCCCCCC. The fourth-order valence-electron chi connectivity index (χ4n) is 6.92. The second-order valence-corrected chi connectivity index (χ2v) is 14.5. The first-order valence-corrected chi connectivity index (χ1v) is 20.8. The fourth-order valence-corrected chi connectivity index (χ4v) is 6.92. The summed E-state index contributed by atoms with van der Waals surface area (Å²) in [6, 6.07) is 7.12. The zero-order valence-electron chi connectivity index (χ0n) is 31.6. The predicted octanol–water partition coefficient (Wildman–Crippen LogP) is 12.6. The summed E-state index contributed by atoms with van der Waals surface area (Å²) in [6.07, 6.45) is 37.1. The Kier molecular flexibility index (Phi) is 26.6. The van der Waals surface area contributed by atoms with Crippen molar-refractivity contribution in [2.45, 2.75) is 200 Å². The van der Waals surface area contributed by atoms with Gasteiger partial charge < -0.3 is 9.47 Å². The third kappa shape index (κ3) is 20.1. The van der Waals surface area contributed by atoms with Crippen molar-refractivity contribution in [3.8, 4) is 0 Å². The molecule has 0 bridgehead atoms. The minimum Gasteiger partial charge on any atom is -0.379 e. The van der Waals surface area contributed by atoms with Gasteiger partial charge in [0.2, 0.25) is 0 Å². The molecule has 5 heteroatoms. The van der Waals surface area contributed by atoms with Crippen LogP contribution in [-0.4, -0.2) is 49.2 Å². The molecule has 0 radical (unpaired) electrons. The first-order valence-electron chi connectivity index (χ1n) is 20.8. The predicted molar refractivity (Wildman–Crippen MR) is 203 cm³/mol. The van der Waals surface area contributed by atoms with E-state index in [0.29, 0.717) is 30.9 Å². The number of nitrogens with zero attached hydrogens (tertiary/aromatic N) is 1. The van der Waals surface area contributed by atoms with E-state index in [2.05, 4.69) is 13.8 Å². The lowest BCUT2D eigenvalue weighted by Crippen LogP contribution is -2.40. The van der Waals surface area contributed by atoms with E-state index in [1.54, 1.807) is 12.1 Å². The molecule has 0 spiro atoms. The number of fused-ring (bicyclic) bond motifs is 1. The number of unbranched alkanes of at least 4 members (excludes halogenated alkanes) is 26. The van der Waals surface area contributed by atoms with Crippen molar-refractivity contribution in [2.75, 3.05) is 26.4 Å². The summed E-state index contributed by atoms with van der Waals surface area (Å²) in [6.45, 7) is 6.59. The minimum absolute atomic E-state index is 0.215. The molecule has 1 aromatic carbocycles. The topological polar surface area (TPSA) is 55.8 Å². The van der Waals surface area contributed by atoms with Gasteiger partial charge in [0.15, 0.2) is 0 Å². The highest BCUT2D eigenvalue weighted by molar-refractivity contribution is 6.21. The quantitative estimate of drug-likeness (QED) is 0.0533. The van der Waals surface area contributed by atoms with Crippen molar-refractivity contribution in [3.63, 3.8) is 0 Å². The van der Waals surface area contributed by atoms with E-state index in [0.717, 1.165) is 19.3 Å². The van der Waals surface area contributed by atoms with E-state index in [4.69, 9.17) is 9.47 Å². The van der Waals surface area contributed by atoms with Crippen LogP contribution >= 0.6 is 0 Å². The Morgan fingerprint density at radius 3 is 1.19 bits per heavy atom. The number of carbonyl (C=O) groups excluding carboxylic acids is 2. The van der Waals surface area contributed by atoms with Gasteiger partial charge in [-0.2, -0.15) is 0 Å². The number of imide groups is 1. The highest BCUT2D eigenvalue weighted by atomic mass is 16.5. The van der Waals surface area contributed by atoms with Crippen molar-refractivity contribution in [1.29, 1.82) is 0 Å². The van der Waals surface area contributed by atoms with E-state index in [9.17, 15) is 9.59 Å². The summed E-state index contributed by atoms with van der Waals surface area (Å²) in [5.41, 5.74) is 0.994. The normalized spacial score (nSPS) is 13.5. The number of rotatable bonds is 35. The maximum Gasteiger partial charge on any atom is 0.261 e. The van der Waals surface area contributed by atoms with Crippen LogP contribution in [0.15, 0.2) is 24.3 Å². The first-order chi connectivity index (χ1) is 23.7. The van der Waals surface area contributed by atoms with Crippen LogP contribution in [0.2, 0.25) is 0 Å². The van der Waals surface area contributed by atoms with Crippen LogP contribution in [0.25, 0.3) is 0 Å². The van der Waals surface area contributed by atoms with Gasteiger partial charge in [0.25, 0.3) is 11.8 Å². The molecule has 1 heterocycles. The number of benzene rings is 1. The fraction of sp³-hybridized carbons (Fsp3) is 0.814. The van der Waals surface area contributed by atoms with Crippen molar-refractivity contribution < 1.29 is 19.1 Å². The number of hydrogen-bond acceptors (Lipinski definition) is 4. The molecule has 1 aliphatic heterocycles. The summed E-state index contributed by atoms with van der Waals surface area (Å²) < 4.78 is 12.3. The van der Waals surface area contributed by atoms with E-state index < -0.39 is 0 Å². The third-order valence-corrected chi connectivity index (χ3v) is 10.1. The number of carbonyl (C=O) groups is 2. The van der Waals surface area contributed by atoms with Crippen molar-refractivity contribution >= 4 is 11.8 Å². The molecule has 0 saturated carbocycles. The van der Waals surface area contributed by atoms with E-state index in [1.807, 2.05) is 12.1 Å². The first kappa shape index (κ1) is 42.4. The maximum atomic E-state index is 13.0. The Bertz CT molecular complexity index is 883. The van der Waals surface area contributed by atoms with E-state index in [-0.39, 0.29) is 24.5 Å². The standard InChI is InChI=1S/C43H75NO4/c1-3-5-7-9-11-13-15-17-19-21-23-25-27-31-35-47-38-39(37-44-42(45)40-33-29-30-34-41(40)43(44)46)48-36-32-28-26-24-22-20-18-16-14-12-10-8-6-4-2/h29-30,33-34,39H,3-28,31-32,35-38H2,1-2H3. The van der Waals surface area contributed by atoms with Gasteiger partial charge in [-0.15, -0.1) is 0 Å². The number of hydrogen-bond donors (Lipinski definition) is 0. The van der Waals surface area contributed by atoms with Crippen molar-refractivity contribution in [3.05, 3.63) is 35.4 Å². The zero-order valence-corrected chi connectivity index (χ0v) is 31.6. The molecular weight excluding hydrogens is 594 g/mol. The van der Waals surface area contributed by atoms with Gasteiger partial charge in [-0.1, -0.05) is 193 Å². The zero-order chi connectivity index (χ0) is 34.3. The van der Waals surface area contributed by atoms with Crippen LogP contribution in [-0.2, 0) is 9.47 Å². The van der Waals surface area contributed by atoms with Gasteiger partial charge in [0, 0.05) is 13.2 Å². The Morgan fingerprint density at radius 1 is 0.479 bits per heavy atom. The molecule has 2 amide bonds. The van der Waals surface area contributed by atoms with E-state index in [1.165, 1.54) is 165 Å². The summed E-state index contributed by atoms with van der Waals surface area (Å²) in [5, 5.41) is 0. The van der Waals surface area contributed by atoms with E-state index >= 15 is 0 Å². The Morgan fingerprint density at radius 2 is 0.812 bits per heavy atom. The molecule has 48 heavy (non-hydrogen) atoms. The van der Waals surface area contributed by atoms with Crippen LogP contribution in [0.4, 0.5) is 0 Å². The smallest absolute Gasteiger partial charge is 0.261 e. The van der Waals surface area contributed by atoms with Gasteiger partial charge in [-0.25, -0.2) is 0 Å². The van der Waals surface area contributed by atoms with Gasteiger partial charge in [-0.3, -0.25) is 14.5 Å². The molecule has 5 nitrogen and oxygen atoms in total. The van der Waals surface area contributed by atoms with Crippen LogP contribution in [0.1, 0.15) is 214 Å². The van der Waals surface area contributed by atoms with Crippen LogP contribution in [0, 0.1) is 0 Å². The second-order valence-electron chi connectivity index (χ2n) is 14.5. The molecule has 1 unspecified atom stereocenters. The molecule has 1 aromatic rings. The van der Waals surface area contributed by atoms with Gasteiger partial charge in [0.05, 0.1) is 30.4 Å². The molecule has 0 N–H and O–H groups in total. The van der Waals surface area contributed by atoms with Gasteiger partial charge in [0.1, 0.15) is 0 Å². The molecule has 0 aliphatic carbocycles. The number of ether oxygens (including phenoxy) is 2. The molecule has 0 fully saturated rings. The lowest BCUT2D eigenvalue weighted by molar-refractivity contribution is -0.0286. The second kappa shape index (κ2) is 30.1. The molecular formula is C43H75NO4. The Labute approximate surface area is 296 Å². The lowest BCUT2D eigenvalue weighted by Gasteiger charge is -2.23. The average molecular weight is 670 g/mol. The Balaban J connectivity index is 1.55. The average Bonchev–Trinajstić information content (AvgIpc) is 3.34. The van der Waals surface area contributed by atoms with Gasteiger partial charge >= 0.3 is 0 Å². The van der Waals surface area contributed by atoms with Gasteiger partial charge in [-0.05, 0) is 25.0 Å². The largest absolute Gasteiger partial charge is 0.379 e. The number of amides is 2. The van der Waals surface area contributed by atoms with Crippen LogP contribution in [0.3, 0.4) is 0 Å². The molecule has 0 saturated heterocycles. The summed E-state index contributed by atoms with van der Waals surface area (Å²) >= 11 is 0. The molecule has 276 valence electrons. The molecule has 1 atom stereocenters. The Hall–Kier alpha value is -1.72. The van der Waals surface area contributed by atoms with Crippen molar-refractivity contribution in [2.24, 2.45) is 0 Å². The monoisotopic (exact) mass is 670 g/mol. The molecule has 1 aliphatic rings. The summed E-state index contributed by atoms with van der Waals surface area (Å²) in [7, 11) is 0. The summed E-state index contributed by atoms with van der Waals surface area (Å²) in [5.74, 6) is -0.430.